The third kappa shape index (κ3) is 4.63. The first-order valence-electron chi connectivity index (χ1n) is 12.0. The van der Waals surface area contributed by atoms with Crippen LogP contribution in [0.5, 0.6) is 11.5 Å². The minimum atomic E-state index is -4.83. The molecule has 1 N–H and O–H groups in total. The van der Waals surface area contributed by atoms with Crippen molar-refractivity contribution in [2.75, 3.05) is 12.4 Å². The zero-order chi connectivity index (χ0) is 27.5. The smallest absolute Gasteiger partial charge is 0.487 e. The number of rotatable bonds is 7. The third-order valence-electron chi connectivity index (χ3n) is 7.26. The fourth-order valence-electron chi connectivity index (χ4n) is 5.49. The number of aromatic nitrogens is 3. The van der Waals surface area contributed by atoms with E-state index >= 15 is 0 Å². The van der Waals surface area contributed by atoms with Gasteiger partial charge in [-0.15, -0.1) is 24.8 Å². The summed E-state index contributed by atoms with van der Waals surface area (Å²) in [5.74, 6) is -0.321. The standard InChI is InChI=1S/C26H26ClF3N4O4/c1-15-12-33(14-32-15)19-6-5-18(34(9-8-27)23(19)36)22(35)31-13-25-11-21(25)24(2,3)38-20-7-4-16(10-17(20)25)37-26(28,29)30/h4-7,10,12,14,21H,8-9,11,13H2,1-3H3,(H,31,35). The molecule has 1 aliphatic carbocycles. The van der Waals surface area contributed by atoms with Crippen LogP contribution in [0.25, 0.3) is 5.69 Å². The van der Waals surface area contributed by atoms with Crippen molar-refractivity contribution in [2.45, 2.75) is 51.1 Å². The van der Waals surface area contributed by atoms with Crippen LogP contribution in [-0.4, -0.2) is 44.4 Å². The zero-order valence-corrected chi connectivity index (χ0v) is 21.7. The van der Waals surface area contributed by atoms with E-state index in [1.165, 1.54) is 29.1 Å². The second-order valence-electron chi connectivity index (χ2n) is 10.2. The number of halogens is 4. The molecular formula is C26H26ClF3N4O4. The van der Waals surface area contributed by atoms with Crippen molar-refractivity contribution < 1.29 is 27.4 Å². The largest absolute Gasteiger partial charge is 0.573 e. The molecule has 1 fully saturated rings. The summed E-state index contributed by atoms with van der Waals surface area (Å²) in [5, 5.41) is 2.91. The summed E-state index contributed by atoms with van der Waals surface area (Å²) in [4.78, 5) is 30.7. The van der Waals surface area contributed by atoms with Gasteiger partial charge in [0.05, 0.1) is 12.0 Å². The van der Waals surface area contributed by atoms with E-state index in [-0.39, 0.29) is 36.3 Å². The Bertz CT molecular complexity index is 1470. The lowest BCUT2D eigenvalue weighted by Gasteiger charge is -2.37. The molecule has 8 nitrogen and oxygen atoms in total. The minimum absolute atomic E-state index is 0.0409. The molecule has 12 heteroatoms. The SMILES string of the molecule is Cc1cn(-c2ccc(C(=O)NCC34CC3C(C)(C)Oc3ccc(OC(F)(F)F)cc34)n(CCCl)c2=O)cn1. The van der Waals surface area contributed by atoms with Gasteiger partial charge < -0.3 is 23.9 Å². The number of hydrogen-bond acceptors (Lipinski definition) is 5. The van der Waals surface area contributed by atoms with E-state index in [0.29, 0.717) is 23.4 Å². The summed E-state index contributed by atoms with van der Waals surface area (Å²) in [7, 11) is 0. The van der Waals surface area contributed by atoms with Gasteiger partial charge in [-0.1, -0.05) is 0 Å². The molecule has 202 valence electrons. The Kier molecular flexibility index (Phi) is 6.24. The van der Waals surface area contributed by atoms with E-state index in [1.54, 1.807) is 29.8 Å². The molecule has 2 unspecified atom stereocenters. The number of imidazole rings is 1. The Hall–Kier alpha value is -3.47. The summed E-state index contributed by atoms with van der Waals surface area (Å²) >= 11 is 5.95. The van der Waals surface area contributed by atoms with Gasteiger partial charge >= 0.3 is 6.36 Å². The van der Waals surface area contributed by atoms with Crippen LogP contribution < -0.4 is 20.3 Å². The molecule has 2 aromatic heterocycles. The topological polar surface area (TPSA) is 87.4 Å². The van der Waals surface area contributed by atoms with E-state index in [9.17, 15) is 22.8 Å². The molecule has 1 amide bonds. The van der Waals surface area contributed by atoms with Crippen molar-refractivity contribution in [2.24, 2.45) is 5.92 Å². The van der Waals surface area contributed by atoms with Crippen LogP contribution in [0.1, 0.15) is 42.0 Å². The lowest BCUT2D eigenvalue weighted by atomic mass is 9.84. The molecule has 0 spiro atoms. The fourth-order valence-corrected chi connectivity index (χ4v) is 5.66. The Labute approximate surface area is 221 Å². The van der Waals surface area contributed by atoms with Crippen LogP contribution >= 0.6 is 11.6 Å². The lowest BCUT2D eigenvalue weighted by Crippen LogP contribution is -2.44. The number of fused-ring (bicyclic) bond motifs is 3. The Morgan fingerprint density at radius 3 is 2.71 bits per heavy atom. The number of aryl methyl sites for hydroxylation is 1. The van der Waals surface area contributed by atoms with Gasteiger partial charge in [-0.25, -0.2) is 4.98 Å². The zero-order valence-electron chi connectivity index (χ0n) is 20.9. The maximum absolute atomic E-state index is 13.3. The Balaban J connectivity index is 1.44. The second kappa shape index (κ2) is 9.07. The average molecular weight is 551 g/mol. The predicted molar refractivity (Wildman–Crippen MR) is 133 cm³/mol. The van der Waals surface area contributed by atoms with Crippen molar-refractivity contribution in [1.82, 2.24) is 19.4 Å². The van der Waals surface area contributed by atoms with Gasteiger partial charge in [-0.2, -0.15) is 0 Å². The molecule has 1 aromatic carbocycles. The van der Waals surface area contributed by atoms with Gasteiger partial charge in [0, 0.05) is 42.1 Å². The first-order valence-corrected chi connectivity index (χ1v) is 12.6. The van der Waals surface area contributed by atoms with Crippen LogP contribution in [-0.2, 0) is 12.0 Å². The van der Waals surface area contributed by atoms with Crippen molar-refractivity contribution in [3.63, 3.8) is 0 Å². The molecule has 3 aromatic rings. The summed E-state index contributed by atoms with van der Waals surface area (Å²) in [6.07, 6.45) is -1.00. The van der Waals surface area contributed by atoms with Crippen LogP contribution in [0.3, 0.4) is 0 Å². The number of nitrogens with zero attached hydrogens (tertiary/aromatic N) is 3. The van der Waals surface area contributed by atoms with E-state index in [0.717, 1.165) is 5.69 Å². The van der Waals surface area contributed by atoms with Gasteiger partial charge in [0.2, 0.25) is 0 Å². The van der Waals surface area contributed by atoms with Crippen molar-refractivity contribution in [1.29, 1.82) is 0 Å². The highest BCUT2D eigenvalue weighted by Gasteiger charge is 2.66. The van der Waals surface area contributed by atoms with Crippen molar-refractivity contribution in [3.8, 4) is 17.2 Å². The summed E-state index contributed by atoms with van der Waals surface area (Å²) in [5.41, 5.74) is 0.115. The summed E-state index contributed by atoms with van der Waals surface area (Å²) in [6.45, 7) is 5.88. The van der Waals surface area contributed by atoms with Crippen molar-refractivity contribution >= 4 is 17.5 Å². The number of hydrogen-bond donors (Lipinski definition) is 1. The molecular weight excluding hydrogens is 525 g/mol. The fraction of sp³-hybridized carbons (Fsp3) is 0.423. The highest BCUT2D eigenvalue weighted by molar-refractivity contribution is 6.17. The predicted octanol–water partition coefficient (Wildman–Crippen LogP) is 4.34. The highest BCUT2D eigenvalue weighted by atomic mass is 35.5. The normalized spacial score (nSPS) is 21.2. The van der Waals surface area contributed by atoms with Gasteiger partial charge in [0.1, 0.15) is 28.5 Å². The maximum Gasteiger partial charge on any atom is 0.573 e. The molecule has 2 atom stereocenters. The van der Waals surface area contributed by atoms with Crippen LogP contribution in [0, 0.1) is 12.8 Å². The molecule has 0 saturated heterocycles. The van der Waals surface area contributed by atoms with Crippen LogP contribution in [0.15, 0.2) is 47.7 Å². The van der Waals surface area contributed by atoms with E-state index < -0.39 is 28.8 Å². The molecule has 1 saturated carbocycles. The quantitative estimate of drug-likeness (QED) is 0.442. The first kappa shape index (κ1) is 26.1. The number of alkyl halides is 4. The number of pyridine rings is 1. The van der Waals surface area contributed by atoms with Gasteiger partial charge in [-0.05, 0) is 57.5 Å². The van der Waals surface area contributed by atoms with Gasteiger partial charge in [0.15, 0.2) is 0 Å². The number of nitrogens with one attached hydrogen (secondary N) is 1. The number of ether oxygens (including phenoxy) is 2. The lowest BCUT2D eigenvalue weighted by molar-refractivity contribution is -0.274. The molecule has 0 radical (unpaired) electrons. The first-order chi connectivity index (χ1) is 17.8. The number of carbonyl (C=O) groups is 1. The molecule has 1 aliphatic heterocycles. The van der Waals surface area contributed by atoms with E-state index in [2.05, 4.69) is 15.0 Å². The molecule has 2 aliphatic rings. The summed E-state index contributed by atoms with van der Waals surface area (Å²) in [6, 6.07) is 7.11. The number of carbonyl (C=O) groups excluding carboxylic acids is 1. The molecule has 0 bridgehead atoms. The Morgan fingerprint density at radius 2 is 2.05 bits per heavy atom. The second-order valence-corrected chi connectivity index (χ2v) is 10.6. The van der Waals surface area contributed by atoms with Gasteiger partial charge in [0.25, 0.3) is 11.5 Å². The molecule has 38 heavy (non-hydrogen) atoms. The van der Waals surface area contributed by atoms with Crippen LogP contribution in [0.4, 0.5) is 13.2 Å². The monoisotopic (exact) mass is 550 g/mol. The number of amides is 1. The average Bonchev–Trinajstić information content (AvgIpc) is 3.46. The maximum atomic E-state index is 13.3. The van der Waals surface area contributed by atoms with E-state index in [4.69, 9.17) is 16.3 Å². The Morgan fingerprint density at radius 1 is 1.29 bits per heavy atom. The summed E-state index contributed by atoms with van der Waals surface area (Å²) < 4.78 is 51.7. The van der Waals surface area contributed by atoms with Crippen molar-refractivity contribution in [3.05, 3.63) is 70.2 Å². The molecule has 5 rings (SSSR count). The highest BCUT2D eigenvalue weighted by Crippen LogP contribution is 2.65. The minimum Gasteiger partial charge on any atom is -0.487 e. The van der Waals surface area contributed by atoms with Gasteiger partial charge in [-0.3, -0.25) is 9.59 Å². The van der Waals surface area contributed by atoms with E-state index in [1.807, 2.05) is 13.8 Å². The third-order valence-corrected chi connectivity index (χ3v) is 7.43. The van der Waals surface area contributed by atoms with Crippen LogP contribution in [0.2, 0.25) is 0 Å². The molecule has 3 heterocycles. The number of benzene rings is 1.